The highest BCUT2D eigenvalue weighted by atomic mass is 16.4. The third kappa shape index (κ3) is 6.72. The first kappa shape index (κ1) is 25.4. The SMILES string of the molecule is NC(=O)[C@@H](CC(=O)O)NC(=O)c1cc(C=O)c(C(=O)N[C@H](CC(=O)O)C(N)=O)cc1C=O. The summed E-state index contributed by atoms with van der Waals surface area (Å²) >= 11 is 0. The van der Waals surface area contributed by atoms with Crippen molar-refractivity contribution in [2.45, 2.75) is 24.9 Å². The number of carbonyl (C=O) groups excluding carboxylic acids is 6. The highest BCUT2D eigenvalue weighted by molar-refractivity contribution is 6.09. The average molecular weight is 450 g/mol. The minimum Gasteiger partial charge on any atom is -0.481 e. The molecule has 0 saturated carbocycles. The van der Waals surface area contributed by atoms with E-state index in [1.807, 2.05) is 10.6 Å². The van der Waals surface area contributed by atoms with Crippen molar-refractivity contribution >= 4 is 48.1 Å². The summed E-state index contributed by atoms with van der Waals surface area (Å²) in [7, 11) is 0. The molecule has 0 spiro atoms. The number of carbonyl (C=O) groups is 8. The van der Waals surface area contributed by atoms with Crippen molar-refractivity contribution < 1.29 is 48.6 Å². The van der Waals surface area contributed by atoms with Crippen LogP contribution in [0.15, 0.2) is 12.1 Å². The number of benzene rings is 1. The molecule has 14 heteroatoms. The number of primary amides is 2. The molecule has 0 radical (unpaired) electrons. The second-order valence-corrected chi connectivity index (χ2v) is 6.31. The minimum absolute atomic E-state index is 0.138. The van der Waals surface area contributed by atoms with Gasteiger partial charge in [-0.2, -0.15) is 0 Å². The number of hydrogen-bond acceptors (Lipinski definition) is 8. The van der Waals surface area contributed by atoms with Crippen molar-refractivity contribution in [2.24, 2.45) is 11.5 Å². The molecule has 0 aliphatic heterocycles. The van der Waals surface area contributed by atoms with Gasteiger partial charge in [0.1, 0.15) is 12.1 Å². The number of nitrogens with one attached hydrogen (secondary N) is 2. The summed E-state index contributed by atoms with van der Waals surface area (Å²) in [6.07, 6.45) is -1.42. The average Bonchev–Trinajstić information content (AvgIpc) is 2.70. The van der Waals surface area contributed by atoms with Crippen molar-refractivity contribution in [3.63, 3.8) is 0 Å². The third-order valence-electron chi connectivity index (χ3n) is 4.02. The lowest BCUT2D eigenvalue weighted by atomic mass is 9.97. The molecule has 4 amide bonds. The zero-order valence-corrected chi connectivity index (χ0v) is 16.2. The van der Waals surface area contributed by atoms with Crippen LogP contribution in [-0.4, -0.2) is 70.4 Å². The molecule has 0 aliphatic rings. The van der Waals surface area contributed by atoms with Crippen LogP contribution in [0.2, 0.25) is 0 Å². The van der Waals surface area contributed by atoms with E-state index in [4.69, 9.17) is 21.7 Å². The first-order chi connectivity index (χ1) is 14.9. The van der Waals surface area contributed by atoms with E-state index < -0.39 is 82.7 Å². The van der Waals surface area contributed by atoms with Crippen LogP contribution in [0.25, 0.3) is 0 Å². The molecule has 2 atom stereocenters. The summed E-state index contributed by atoms with van der Waals surface area (Å²) < 4.78 is 0. The molecule has 0 unspecified atom stereocenters. The Hall–Kier alpha value is -4.62. The topological polar surface area (TPSA) is 253 Å². The van der Waals surface area contributed by atoms with Gasteiger partial charge in [0.25, 0.3) is 11.8 Å². The van der Waals surface area contributed by atoms with Gasteiger partial charge in [0.15, 0.2) is 12.6 Å². The largest absolute Gasteiger partial charge is 0.481 e. The van der Waals surface area contributed by atoms with Crippen molar-refractivity contribution in [1.82, 2.24) is 10.6 Å². The van der Waals surface area contributed by atoms with Crippen LogP contribution in [0.4, 0.5) is 0 Å². The molecule has 14 nitrogen and oxygen atoms in total. The summed E-state index contributed by atoms with van der Waals surface area (Å²) in [4.78, 5) is 92.1. The Labute approximate surface area is 178 Å². The molecule has 0 aliphatic carbocycles. The zero-order chi connectivity index (χ0) is 24.6. The van der Waals surface area contributed by atoms with Crippen molar-refractivity contribution in [1.29, 1.82) is 0 Å². The maximum absolute atomic E-state index is 12.4. The molecule has 1 aromatic rings. The van der Waals surface area contributed by atoms with E-state index in [1.165, 1.54) is 0 Å². The van der Waals surface area contributed by atoms with Crippen LogP contribution in [0.3, 0.4) is 0 Å². The van der Waals surface area contributed by atoms with E-state index in [9.17, 15) is 38.4 Å². The Kier molecular flexibility index (Phi) is 8.70. The first-order valence-corrected chi connectivity index (χ1v) is 8.63. The van der Waals surface area contributed by atoms with Crippen LogP contribution in [-0.2, 0) is 19.2 Å². The third-order valence-corrected chi connectivity index (χ3v) is 4.02. The van der Waals surface area contributed by atoms with E-state index >= 15 is 0 Å². The molecule has 0 heterocycles. The number of nitrogens with two attached hydrogens (primary N) is 2. The summed E-state index contributed by atoms with van der Waals surface area (Å²) in [5.41, 5.74) is 8.23. The van der Waals surface area contributed by atoms with E-state index in [0.29, 0.717) is 0 Å². The van der Waals surface area contributed by atoms with Gasteiger partial charge in [0, 0.05) is 11.1 Å². The standard InChI is InChI=1S/C18H18N4O10/c19-15(29)11(3-13(25)26)21-17(31)9-1-7(5-23)10(2-8(9)6-24)18(32)22-12(16(20)30)4-14(27)28/h1-2,5-6,11-12H,3-4H2,(H2,19,29)(H2,20,30)(H,21,31)(H,22,32)(H,25,26)(H,27,28)/t11-,12-/m1/s1. The summed E-state index contributed by atoms with van der Waals surface area (Å²) in [6.45, 7) is 0. The Morgan fingerprint density at radius 3 is 1.28 bits per heavy atom. The van der Waals surface area contributed by atoms with E-state index in [2.05, 4.69) is 0 Å². The quantitative estimate of drug-likeness (QED) is 0.181. The van der Waals surface area contributed by atoms with Crippen molar-refractivity contribution in [2.75, 3.05) is 0 Å². The molecule has 0 saturated heterocycles. The fraction of sp³-hybridized carbons (Fsp3) is 0.222. The van der Waals surface area contributed by atoms with E-state index in [0.717, 1.165) is 12.1 Å². The number of carboxylic acids is 2. The molecular weight excluding hydrogens is 432 g/mol. The smallest absolute Gasteiger partial charge is 0.305 e. The first-order valence-electron chi connectivity index (χ1n) is 8.63. The molecule has 1 aromatic carbocycles. The van der Waals surface area contributed by atoms with Gasteiger partial charge in [-0.25, -0.2) is 0 Å². The number of hydrogen-bond donors (Lipinski definition) is 6. The van der Waals surface area contributed by atoms with Gasteiger partial charge in [-0.1, -0.05) is 0 Å². The van der Waals surface area contributed by atoms with Gasteiger partial charge in [-0.15, -0.1) is 0 Å². The lowest BCUT2D eigenvalue weighted by Crippen LogP contribution is -2.46. The van der Waals surface area contributed by atoms with Crippen LogP contribution in [0.5, 0.6) is 0 Å². The fourth-order valence-electron chi connectivity index (χ4n) is 2.49. The number of aliphatic carboxylic acids is 2. The predicted molar refractivity (Wildman–Crippen MR) is 103 cm³/mol. The van der Waals surface area contributed by atoms with E-state index in [-0.39, 0.29) is 12.6 Å². The Bertz CT molecular complexity index is 924. The number of rotatable bonds is 12. The molecule has 8 N–H and O–H groups in total. The maximum Gasteiger partial charge on any atom is 0.305 e. The second kappa shape index (κ2) is 11.0. The highest BCUT2D eigenvalue weighted by Gasteiger charge is 2.27. The second-order valence-electron chi connectivity index (χ2n) is 6.31. The van der Waals surface area contributed by atoms with Gasteiger partial charge in [-0.3, -0.25) is 38.4 Å². The van der Waals surface area contributed by atoms with Gasteiger partial charge in [0.2, 0.25) is 11.8 Å². The van der Waals surface area contributed by atoms with Crippen LogP contribution < -0.4 is 22.1 Å². The van der Waals surface area contributed by atoms with Gasteiger partial charge >= 0.3 is 11.9 Å². The predicted octanol–water partition coefficient (Wildman–Crippen LogP) is -2.57. The zero-order valence-electron chi connectivity index (χ0n) is 16.2. The van der Waals surface area contributed by atoms with Gasteiger partial charge < -0.3 is 32.3 Å². The maximum atomic E-state index is 12.4. The fourth-order valence-corrected chi connectivity index (χ4v) is 2.49. The van der Waals surface area contributed by atoms with Gasteiger partial charge in [-0.05, 0) is 12.1 Å². The monoisotopic (exact) mass is 450 g/mol. The molecule has 0 bridgehead atoms. The van der Waals surface area contributed by atoms with E-state index in [1.54, 1.807) is 0 Å². The summed E-state index contributed by atoms with van der Waals surface area (Å²) in [6, 6.07) is -1.63. The Balaban J connectivity index is 3.33. The molecular formula is C18H18N4O10. The van der Waals surface area contributed by atoms with Crippen molar-refractivity contribution in [3.05, 3.63) is 34.4 Å². The lowest BCUT2D eigenvalue weighted by molar-refractivity contribution is -0.139. The molecule has 32 heavy (non-hydrogen) atoms. The Morgan fingerprint density at radius 1 is 0.750 bits per heavy atom. The van der Waals surface area contributed by atoms with Crippen LogP contribution in [0.1, 0.15) is 54.3 Å². The number of carboxylic acid groups (broad SMARTS) is 2. The lowest BCUT2D eigenvalue weighted by Gasteiger charge is -2.17. The highest BCUT2D eigenvalue weighted by Crippen LogP contribution is 2.16. The summed E-state index contributed by atoms with van der Waals surface area (Å²) in [5, 5.41) is 21.6. The van der Waals surface area contributed by atoms with Gasteiger partial charge in [0.05, 0.1) is 24.0 Å². The van der Waals surface area contributed by atoms with Crippen LogP contribution >= 0.6 is 0 Å². The molecule has 170 valence electrons. The normalized spacial score (nSPS) is 12.0. The van der Waals surface area contributed by atoms with Crippen LogP contribution in [0, 0.1) is 0 Å². The molecule has 0 fully saturated rings. The van der Waals surface area contributed by atoms with Crippen molar-refractivity contribution in [3.8, 4) is 0 Å². The number of amides is 4. The molecule has 0 aromatic heterocycles. The Morgan fingerprint density at radius 2 is 1.06 bits per heavy atom. The minimum atomic E-state index is -1.63. The number of aldehydes is 2. The molecule has 1 rings (SSSR count). The summed E-state index contributed by atoms with van der Waals surface area (Å²) in [5.74, 6) is -7.50.